The summed E-state index contributed by atoms with van der Waals surface area (Å²) < 4.78 is 5.60. The number of ether oxygens (including phenoxy) is 1. The number of H-pyrrole nitrogens is 1. The van der Waals surface area contributed by atoms with Crippen LogP contribution in [0.4, 0.5) is 5.69 Å². The minimum Gasteiger partial charge on any atom is -0.465 e. The van der Waals surface area contributed by atoms with Crippen LogP contribution >= 0.6 is 22.7 Å². The Morgan fingerprint density at radius 2 is 2.04 bits per heavy atom. The van der Waals surface area contributed by atoms with E-state index in [1.54, 1.807) is 17.5 Å². The largest absolute Gasteiger partial charge is 0.465 e. The molecule has 0 aliphatic heterocycles. The van der Waals surface area contributed by atoms with E-state index in [2.05, 4.69) is 15.0 Å². The lowest BCUT2D eigenvalue weighted by molar-refractivity contribution is 0.0607. The minimum absolute atomic E-state index is 0.0683. The van der Waals surface area contributed by atoms with Crippen molar-refractivity contribution in [2.24, 2.45) is 0 Å². The predicted octanol–water partition coefficient (Wildman–Crippen LogP) is 1.75. The fraction of sp³-hybridized carbons (Fsp3) is 0.125. The molecule has 3 aromatic heterocycles. The molecule has 0 unspecified atom stereocenters. The van der Waals surface area contributed by atoms with E-state index in [0.717, 1.165) is 27.0 Å². The van der Waals surface area contributed by atoms with Gasteiger partial charge in [0.05, 0.1) is 19.3 Å². The van der Waals surface area contributed by atoms with Crippen molar-refractivity contribution in [1.29, 1.82) is 0 Å². The molecule has 0 saturated heterocycles. The number of aromatic nitrogens is 2. The summed E-state index contributed by atoms with van der Waals surface area (Å²) >= 11 is 2.50. The predicted molar refractivity (Wildman–Crippen MR) is 98.4 cm³/mol. The SMILES string of the molecule is COC(=O)c1sccc1NC(=O)c1c[nH]c(=O)n(Cc2cccs2)c1=O. The number of nitrogens with zero attached hydrogens (tertiary/aromatic N) is 1. The Kier molecular flexibility index (Phi) is 5.14. The third-order valence-electron chi connectivity index (χ3n) is 3.48. The lowest BCUT2D eigenvalue weighted by Gasteiger charge is -2.07. The van der Waals surface area contributed by atoms with E-state index in [9.17, 15) is 19.2 Å². The fourth-order valence-corrected chi connectivity index (χ4v) is 3.68. The monoisotopic (exact) mass is 391 g/mol. The van der Waals surface area contributed by atoms with Crippen LogP contribution in [0, 0.1) is 0 Å². The zero-order valence-electron chi connectivity index (χ0n) is 13.5. The Hall–Kier alpha value is -2.98. The number of amides is 1. The summed E-state index contributed by atoms with van der Waals surface area (Å²) in [6.07, 6.45) is 1.06. The number of aromatic amines is 1. The normalized spacial score (nSPS) is 10.5. The van der Waals surface area contributed by atoms with Crippen LogP contribution in [-0.4, -0.2) is 28.5 Å². The van der Waals surface area contributed by atoms with Gasteiger partial charge in [-0.1, -0.05) is 6.07 Å². The van der Waals surface area contributed by atoms with Gasteiger partial charge in [-0.3, -0.25) is 14.2 Å². The number of hydrogen-bond acceptors (Lipinski definition) is 7. The minimum atomic E-state index is -0.727. The van der Waals surface area contributed by atoms with Crippen molar-refractivity contribution >= 4 is 40.2 Å². The molecular formula is C16H13N3O5S2. The van der Waals surface area contributed by atoms with Crippen LogP contribution in [0.1, 0.15) is 24.9 Å². The number of rotatable bonds is 5. The Morgan fingerprint density at radius 3 is 2.73 bits per heavy atom. The van der Waals surface area contributed by atoms with Gasteiger partial charge in [0.15, 0.2) is 0 Å². The second-order valence-electron chi connectivity index (χ2n) is 5.09. The molecule has 8 nitrogen and oxygen atoms in total. The van der Waals surface area contributed by atoms with Crippen molar-refractivity contribution in [3.8, 4) is 0 Å². The molecule has 0 spiro atoms. The van der Waals surface area contributed by atoms with Crippen LogP contribution in [0.5, 0.6) is 0 Å². The van der Waals surface area contributed by atoms with Crippen molar-refractivity contribution in [3.05, 3.63) is 71.3 Å². The zero-order chi connectivity index (χ0) is 18.7. The van der Waals surface area contributed by atoms with E-state index in [1.165, 1.54) is 24.5 Å². The van der Waals surface area contributed by atoms with Gasteiger partial charge in [0, 0.05) is 11.1 Å². The van der Waals surface area contributed by atoms with Gasteiger partial charge in [-0.05, 0) is 22.9 Å². The van der Waals surface area contributed by atoms with Crippen LogP contribution in [-0.2, 0) is 11.3 Å². The van der Waals surface area contributed by atoms with Gasteiger partial charge in [-0.15, -0.1) is 22.7 Å². The number of hydrogen-bond donors (Lipinski definition) is 2. The van der Waals surface area contributed by atoms with Crippen molar-refractivity contribution in [2.75, 3.05) is 12.4 Å². The van der Waals surface area contributed by atoms with Crippen molar-refractivity contribution in [1.82, 2.24) is 9.55 Å². The first kappa shape index (κ1) is 17.8. The summed E-state index contributed by atoms with van der Waals surface area (Å²) in [6.45, 7) is 0.0683. The van der Waals surface area contributed by atoms with Crippen LogP contribution in [0.2, 0.25) is 0 Å². The Labute approximate surface area is 154 Å². The highest BCUT2D eigenvalue weighted by Crippen LogP contribution is 2.23. The lowest BCUT2D eigenvalue weighted by Crippen LogP contribution is -2.39. The molecule has 134 valence electrons. The van der Waals surface area contributed by atoms with Gasteiger partial charge in [0.25, 0.3) is 11.5 Å². The average molecular weight is 391 g/mol. The standard InChI is InChI=1S/C16H13N3O5S2/c1-24-15(22)12-11(4-6-26-12)18-13(20)10-7-17-16(23)19(14(10)21)8-9-3-2-5-25-9/h2-7H,8H2,1H3,(H,17,23)(H,18,20). The number of thiophene rings is 2. The fourth-order valence-electron chi connectivity index (χ4n) is 2.22. The maximum Gasteiger partial charge on any atom is 0.350 e. The van der Waals surface area contributed by atoms with Gasteiger partial charge in [-0.2, -0.15) is 0 Å². The van der Waals surface area contributed by atoms with Crippen molar-refractivity contribution < 1.29 is 14.3 Å². The smallest absolute Gasteiger partial charge is 0.350 e. The lowest BCUT2D eigenvalue weighted by atomic mass is 10.3. The quantitative estimate of drug-likeness (QED) is 0.644. The molecule has 1 amide bonds. The number of nitrogens with one attached hydrogen (secondary N) is 2. The maximum atomic E-state index is 12.6. The summed E-state index contributed by atoms with van der Waals surface area (Å²) in [5.74, 6) is -1.32. The highest BCUT2D eigenvalue weighted by atomic mass is 32.1. The first-order valence-corrected chi connectivity index (χ1v) is 9.09. The Balaban J connectivity index is 1.91. The molecule has 3 rings (SSSR count). The third kappa shape index (κ3) is 3.51. The topological polar surface area (TPSA) is 110 Å². The highest BCUT2D eigenvalue weighted by Gasteiger charge is 2.19. The van der Waals surface area contributed by atoms with Gasteiger partial charge >= 0.3 is 11.7 Å². The molecule has 0 atom stereocenters. The Morgan fingerprint density at radius 1 is 1.23 bits per heavy atom. The molecule has 2 N–H and O–H groups in total. The van der Waals surface area contributed by atoms with Crippen LogP contribution in [0.25, 0.3) is 0 Å². The van der Waals surface area contributed by atoms with E-state index < -0.39 is 23.1 Å². The summed E-state index contributed by atoms with van der Waals surface area (Å²) in [5, 5.41) is 5.95. The van der Waals surface area contributed by atoms with Crippen molar-refractivity contribution in [3.63, 3.8) is 0 Å². The molecule has 3 aromatic rings. The van der Waals surface area contributed by atoms with Gasteiger partial charge < -0.3 is 15.0 Å². The molecule has 0 bridgehead atoms. The number of esters is 1. The van der Waals surface area contributed by atoms with E-state index in [1.807, 2.05) is 5.38 Å². The second-order valence-corrected chi connectivity index (χ2v) is 7.04. The summed E-state index contributed by atoms with van der Waals surface area (Å²) in [5.41, 5.74) is -1.31. The molecular weight excluding hydrogens is 378 g/mol. The van der Waals surface area contributed by atoms with Crippen LogP contribution in [0.15, 0.2) is 44.7 Å². The molecule has 3 heterocycles. The van der Waals surface area contributed by atoms with Gasteiger partial charge in [0.1, 0.15) is 10.4 Å². The molecule has 0 fully saturated rings. The number of anilines is 1. The second kappa shape index (κ2) is 7.50. The van der Waals surface area contributed by atoms with E-state index in [0.29, 0.717) is 0 Å². The molecule has 26 heavy (non-hydrogen) atoms. The molecule has 0 saturated carbocycles. The van der Waals surface area contributed by atoms with Crippen molar-refractivity contribution in [2.45, 2.75) is 6.54 Å². The Bertz CT molecular complexity index is 1060. The average Bonchev–Trinajstić information content (AvgIpc) is 3.29. The summed E-state index contributed by atoms with van der Waals surface area (Å²) in [7, 11) is 1.23. The first-order valence-electron chi connectivity index (χ1n) is 7.33. The molecule has 0 aromatic carbocycles. The number of methoxy groups -OCH3 is 1. The number of carbonyl (C=O) groups excluding carboxylic acids is 2. The van der Waals surface area contributed by atoms with Crippen LogP contribution < -0.4 is 16.6 Å². The van der Waals surface area contributed by atoms with Gasteiger partial charge in [-0.25, -0.2) is 9.59 Å². The maximum absolute atomic E-state index is 12.6. The molecule has 0 radical (unpaired) electrons. The first-order chi connectivity index (χ1) is 12.5. The van der Waals surface area contributed by atoms with Crippen LogP contribution in [0.3, 0.4) is 0 Å². The van der Waals surface area contributed by atoms with E-state index >= 15 is 0 Å². The zero-order valence-corrected chi connectivity index (χ0v) is 15.1. The summed E-state index contributed by atoms with van der Waals surface area (Å²) in [4.78, 5) is 52.1. The van der Waals surface area contributed by atoms with E-state index in [4.69, 9.17) is 0 Å². The highest BCUT2D eigenvalue weighted by molar-refractivity contribution is 7.12. The van der Waals surface area contributed by atoms with E-state index in [-0.39, 0.29) is 22.7 Å². The summed E-state index contributed by atoms with van der Waals surface area (Å²) in [6, 6.07) is 5.13. The van der Waals surface area contributed by atoms with Gasteiger partial charge in [0.2, 0.25) is 0 Å². The number of carbonyl (C=O) groups is 2. The third-order valence-corrected chi connectivity index (χ3v) is 5.24. The molecule has 10 heteroatoms. The molecule has 0 aliphatic rings. The molecule has 0 aliphatic carbocycles.